The van der Waals surface area contributed by atoms with E-state index in [-0.39, 0.29) is 42.0 Å². The Kier molecular flexibility index (Phi) is 6.11. The SMILES string of the molecule is CCOC(=NNC(N)=O)c1cc(C(C)=O)oc1COC(C)=O. The number of nitrogens with zero attached hydrogens (tertiary/aromatic N) is 1. The summed E-state index contributed by atoms with van der Waals surface area (Å²) in [6.07, 6.45) is 0. The van der Waals surface area contributed by atoms with E-state index in [1.165, 1.54) is 19.9 Å². The van der Waals surface area contributed by atoms with Gasteiger partial charge in [-0.3, -0.25) is 9.59 Å². The number of carbonyl (C=O) groups excluding carboxylic acids is 3. The Morgan fingerprint density at radius 3 is 2.50 bits per heavy atom. The summed E-state index contributed by atoms with van der Waals surface area (Å²) in [5.41, 5.74) is 7.25. The number of nitrogens with two attached hydrogens (primary N) is 1. The molecule has 0 aromatic carbocycles. The first-order valence-electron chi connectivity index (χ1n) is 6.38. The number of carbonyl (C=O) groups is 3. The van der Waals surface area contributed by atoms with Gasteiger partial charge in [0.2, 0.25) is 5.90 Å². The third kappa shape index (κ3) is 4.93. The summed E-state index contributed by atoms with van der Waals surface area (Å²) in [5.74, 6) is -0.645. The van der Waals surface area contributed by atoms with Crippen LogP contribution in [0.3, 0.4) is 0 Å². The van der Waals surface area contributed by atoms with Crippen LogP contribution in [0.25, 0.3) is 0 Å². The fourth-order valence-corrected chi connectivity index (χ4v) is 1.47. The molecule has 0 fully saturated rings. The lowest BCUT2D eigenvalue weighted by Crippen LogP contribution is -2.26. The molecule has 1 heterocycles. The maximum absolute atomic E-state index is 11.4. The van der Waals surface area contributed by atoms with E-state index in [4.69, 9.17) is 19.6 Å². The molecule has 0 aliphatic carbocycles. The van der Waals surface area contributed by atoms with Crippen LogP contribution in [0, 0.1) is 0 Å². The molecule has 9 nitrogen and oxygen atoms in total. The molecule has 120 valence electrons. The van der Waals surface area contributed by atoms with Gasteiger partial charge in [-0.1, -0.05) is 0 Å². The van der Waals surface area contributed by atoms with E-state index in [0.717, 1.165) is 0 Å². The highest BCUT2D eigenvalue weighted by atomic mass is 16.5. The molecule has 1 aromatic heterocycles. The molecule has 0 bridgehead atoms. The molecule has 0 atom stereocenters. The average Bonchev–Trinajstić information content (AvgIpc) is 2.85. The molecule has 0 aliphatic heterocycles. The maximum Gasteiger partial charge on any atom is 0.332 e. The van der Waals surface area contributed by atoms with Crippen molar-refractivity contribution in [2.24, 2.45) is 10.8 Å². The Morgan fingerprint density at radius 2 is 2.00 bits per heavy atom. The number of amides is 2. The number of nitrogens with one attached hydrogen (secondary N) is 1. The van der Waals surface area contributed by atoms with Gasteiger partial charge in [0, 0.05) is 19.9 Å². The minimum absolute atomic E-state index is 0.0142. The highest BCUT2D eigenvalue weighted by molar-refractivity contribution is 5.99. The molecule has 1 rings (SSSR count). The topological polar surface area (TPSA) is 133 Å². The molecule has 0 radical (unpaired) electrons. The van der Waals surface area contributed by atoms with E-state index in [9.17, 15) is 14.4 Å². The van der Waals surface area contributed by atoms with Crippen LogP contribution in [0.5, 0.6) is 0 Å². The summed E-state index contributed by atoms with van der Waals surface area (Å²) in [6, 6.07) is 0.507. The van der Waals surface area contributed by atoms with Crippen molar-refractivity contribution in [2.75, 3.05) is 6.61 Å². The molecule has 0 aliphatic rings. The number of hydrazone groups is 1. The van der Waals surface area contributed by atoms with Crippen LogP contribution in [0.15, 0.2) is 15.6 Å². The zero-order chi connectivity index (χ0) is 16.7. The minimum Gasteiger partial charge on any atom is -0.476 e. The summed E-state index contributed by atoms with van der Waals surface area (Å²) in [4.78, 5) is 33.1. The zero-order valence-corrected chi connectivity index (χ0v) is 12.5. The highest BCUT2D eigenvalue weighted by Crippen LogP contribution is 2.19. The van der Waals surface area contributed by atoms with Crippen LogP contribution in [-0.2, 0) is 20.9 Å². The van der Waals surface area contributed by atoms with Crippen LogP contribution in [0.1, 0.15) is 42.6 Å². The Hall–Kier alpha value is -2.84. The Balaban J connectivity index is 3.20. The van der Waals surface area contributed by atoms with E-state index >= 15 is 0 Å². The number of hydrogen-bond donors (Lipinski definition) is 2. The number of Topliss-reactive ketones (excluding diaryl/α,β-unsaturated/α-hetero) is 1. The lowest BCUT2D eigenvalue weighted by atomic mass is 10.2. The van der Waals surface area contributed by atoms with Crippen LogP contribution < -0.4 is 11.2 Å². The summed E-state index contributed by atoms with van der Waals surface area (Å²) in [6.45, 7) is 4.29. The molecule has 1 aromatic rings. The number of hydrogen-bond acceptors (Lipinski definition) is 7. The lowest BCUT2D eigenvalue weighted by molar-refractivity contribution is -0.142. The maximum atomic E-state index is 11.4. The molecule has 0 saturated heterocycles. The number of esters is 1. The third-order valence-electron chi connectivity index (χ3n) is 2.34. The van der Waals surface area contributed by atoms with Crippen molar-refractivity contribution in [1.29, 1.82) is 0 Å². The van der Waals surface area contributed by atoms with Gasteiger partial charge >= 0.3 is 12.0 Å². The molecule has 0 unspecified atom stereocenters. The second-order valence-corrected chi connectivity index (χ2v) is 4.11. The third-order valence-corrected chi connectivity index (χ3v) is 2.34. The first-order valence-corrected chi connectivity index (χ1v) is 6.38. The predicted molar refractivity (Wildman–Crippen MR) is 75.1 cm³/mol. The second kappa shape index (κ2) is 7.81. The molecule has 2 amide bonds. The van der Waals surface area contributed by atoms with E-state index in [1.54, 1.807) is 6.92 Å². The van der Waals surface area contributed by atoms with E-state index in [2.05, 4.69) is 5.10 Å². The van der Waals surface area contributed by atoms with Crippen molar-refractivity contribution in [2.45, 2.75) is 27.4 Å². The molecular weight excluding hydrogens is 294 g/mol. The monoisotopic (exact) mass is 311 g/mol. The number of ether oxygens (including phenoxy) is 2. The first-order chi connectivity index (χ1) is 10.3. The van der Waals surface area contributed by atoms with Gasteiger partial charge in [0.15, 0.2) is 17.3 Å². The van der Waals surface area contributed by atoms with Crippen LogP contribution in [0.4, 0.5) is 4.79 Å². The second-order valence-electron chi connectivity index (χ2n) is 4.11. The lowest BCUT2D eigenvalue weighted by Gasteiger charge is -2.07. The number of rotatable bonds is 6. The predicted octanol–water partition coefficient (Wildman–Crippen LogP) is 0.912. The minimum atomic E-state index is -0.881. The number of primary amides is 1. The smallest absolute Gasteiger partial charge is 0.332 e. The first kappa shape index (κ1) is 17.2. The molecule has 9 heteroatoms. The van der Waals surface area contributed by atoms with Crippen molar-refractivity contribution >= 4 is 23.7 Å². The normalized spacial score (nSPS) is 11.0. The van der Waals surface area contributed by atoms with Gasteiger partial charge in [-0.15, -0.1) is 5.10 Å². The number of urea groups is 1. The Labute approximate surface area is 126 Å². The van der Waals surface area contributed by atoms with Crippen molar-refractivity contribution in [3.05, 3.63) is 23.2 Å². The summed E-state index contributed by atoms with van der Waals surface area (Å²) >= 11 is 0. The average molecular weight is 311 g/mol. The summed E-state index contributed by atoms with van der Waals surface area (Å²) < 4.78 is 15.5. The zero-order valence-electron chi connectivity index (χ0n) is 12.5. The van der Waals surface area contributed by atoms with E-state index in [0.29, 0.717) is 0 Å². The summed E-state index contributed by atoms with van der Waals surface area (Å²) in [5, 5.41) is 3.70. The van der Waals surface area contributed by atoms with E-state index < -0.39 is 12.0 Å². The fourth-order valence-electron chi connectivity index (χ4n) is 1.47. The molecule has 3 N–H and O–H groups in total. The van der Waals surface area contributed by atoms with Crippen molar-refractivity contribution in [3.63, 3.8) is 0 Å². The highest BCUT2D eigenvalue weighted by Gasteiger charge is 2.20. The quantitative estimate of drug-likeness (QED) is 0.264. The Bertz CT molecular complexity index is 605. The molecule has 0 spiro atoms. The molecule has 22 heavy (non-hydrogen) atoms. The fraction of sp³-hybridized carbons (Fsp3) is 0.385. The van der Waals surface area contributed by atoms with Crippen LogP contribution in [-0.4, -0.2) is 30.3 Å². The van der Waals surface area contributed by atoms with Crippen LogP contribution >= 0.6 is 0 Å². The van der Waals surface area contributed by atoms with Crippen molar-refractivity contribution in [1.82, 2.24) is 5.43 Å². The van der Waals surface area contributed by atoms with Gasteiger partial charge in [-0.05, 0) is 6.92 Å². The van der Waals surface area contributed by atoms with Crippen molar-refractivity contribution < 1.29 is 28.3 Å². The molecule has 0 saturated carbocycles. The van der Waals surface area contributed by atoms with Crippen LogP contribution in [0.2, 0.25) is 0 Å². The van der Waals surface area contributed by atoms with Gasteiger partial charge in [-0.25, -0.2) is 10.2 Å². The number of furan rings is 1. The van der Waals surface area contributed by atoms with Gasteiger partial charge in [-0.2, -0.15) is 0 Å². The van der Waals surface area contributed by atoms with Gasteiger partial charge in [0.25, 0.3) is 0 Å². The van der Waals surface area contributed by atoms with Gasteiger partial charge < -0.3 is 19.6 Å². The largest absolute Gasteiger partial charge is 0.476 e. The standard InChI is InChI=1S/C13H17N3O6/c1-4-20-12(15-16-13(14)19)9-5-10(7(2)17)22-11(9)6-21-8(3)18/h5H,4,6H2,1-3H3,(H3,14,16,19). The molecular formula is C13H17N3O6. The van der Waals surface area contributed by atoms with Gasteiger partial charge in [0.1, 0.15) is 6.61 Å². The van der Waals surface area contributed by atoms with Crippen molar-refractivity contribution in [3.8, 4) is 0 Å². The summed E-state index contributed by atoms with van der Waals surface area (Å²) in [7, 11) is 0. The van der Waals surface area contributed by atoms with Gasteiger partial charge in [0.05, 0.1) is 12.2 Å². The van der Waals surface area contributed by atoms with E-state index in [1.807, 2.05) is 5.43 Å². The Morgan fingerprint density at radius 1 is 1.32 bits per heavy atom. The number of ketones is 1.